The highest BCUT2D eigenvalue weighted by Gasteiger charge is 2.58. The summed E-state index contributed by atoms with van der Waals surface area (Å²) in [4.78, 5) is 25.1. The van der Waals surface area contributed by atoms with Gasteiger partial charge in [0.1, 0.15) is 6.54 Å². The molecule has 2 rings (SSSR count). The number of nitrogens with one attached hydrogen (secondary N) is 1. The molecule has 0 aromatic heterocycles. The Bertz CT molecular complexity index is 582. The molecule has 6 heteroatoms. The van der Waals surface area contributed by atoms with Crippen molar-refractivity contribution in [3.8, 4) is 0 Å². The van der Waals surface area contributed by atoms with Crippen molar-refractivity contribution in [1.29, 1.82) is 0 Å². The lowest BCUT2D eigenvalue weighted by molar-refractivity contribution is -0.143. The lowest BCUT2D eigenvalue weighted by Crippen LogP contribution is -2.56. The van der Waals surface area contributed by atoms with E-state index in [1.807, 2.05) is 26.0 Å². The largest absolute Gasteiger partial charge is 0.438 e. The maximum Gasteiger partial charge on any atom is 0.413 e. The van der Waals surface area contributed by atoms with E-state index in [0.29, 0.717) is 12.1 Å². The summed E-state index contributed by atoms with van der Waals surface area (Å²) in [6, 6.07) is 7.32. The molecule has 1 heterocycles. The number of anilines is 1. The molecular weight excluding hydrogens is 284 g/mol. The van der Waals surface area contributed by atoms with Gasteiger partial charge >= 0.3 is 6.09 Å². The van der Waals surface area contributed by atoms with Gasteiger partial charge in [0.05, 0.1) is 0 Å². The van der Waals surface area contributed by atoms with Gasteiger partial charge in [-0.1, -0.05) is 24.6 Å². The SMILES string of the molecule is CC[C@@]1(C)OC(=O)N(CC(=O)Nc2ccc(C)cc2)[C@]1(C)O. The molecule has 0 unspecified atom stereocenters. The summed E-state index contributed by atoms with van der Waals surface area (Å²) in [5.74, 6) is -0.388. The van der Waals surface area contributed by atoms with Gasteiger partial charge in [0.2, 0.25) is 5.91 Å². The lowest BCUT2D eigenvalue weighted by atomic mass is 9.91. The molecule has 0 aliphatic carbocycles. The van der Waals surface area contributed by atoms with Gasteiger partial charge in [-0.05, 0) is 39.3 Å². The van der Waals surface area contributed by atoms with Crippen molar-refractivity contribution in [2.24, 2.45) is 0 Å². The maximum atomic E-state index is 12.1. The van der Waals surface area contributed by atoms with Gasteiger partial charge in [-0.15, -0.1) is 0 Å². The molecule has 1 fully saturated rings. The molecule has 2 atom stereocenters. The van der Waals surface area contributed by atoms with Crippen LogP contribution in [0.4, 0.5) is 10.5 Å². The summed E-state index contributed by atoms with van der Waals surface area (Å²) in [5.41, 5.74) is -0.846. The van der Waals surface area contributed by atoms with Gasteiger partial charge in [0.15, 0.2) is 11.3 Å². The van der Waals surface area contributed by atoms with Crippen molar-refractivity contribution in [3.05, 3.63) is 29.8 Å². The van der Waals surface area contributed by atoms with E-state index in [4.69, 9.17) is 4.74 Å². The second-order valence-corrected chi connectivity index (χ2v) is 5.97. The molecule has 2 N–H and O–H groups in total. The predicted octanol–water partition coefficient (Wildman–Crippen LogP) is 2.26. The quantitative estimate of drug-likeness (QED) is 0.894. The minimum absolute atomic E-state index is 0.269. The topological polar surface area (TPSA) is 78.9 Å². The molecule has 0 saturated carbocycles. The van der Waals surface area contributed by atoms with Crippen molar-refractivity contribution in [2.75, 3.05) is 11.9 Å². The Morgan fingerprint density at radius 3 is 2.41 bits per heavy atom. The summed E-state index contributed by atoms with van der Waals surface area (Å²) in [6.07, 6.45) is -0.240. The van der Waals surface area contributed by atoms with Crippen LogP contribution in [0.1, 0.15) is 32.8 Å². The van der Waals surface area contributed by atoms with Gasteiger partial charge in [-0.3, -0.25) is 9.69 Å². The fourth-order valence-corrected chi connectivity index (χ4v) is 2.41. The molecule has 6 nitrogen and oxygen atoms in total. The van der Waals surface area contributed by atoms with E-state index in [2.05, 4.69) is 5.32 Å². The van der Waals surface area contributed by atoms with E-state index in [9.17, 15) is 14.7 Å². The third kappa shape index (κ3) is 2.78. The fourth-order valence-electron chi connectivity index (χ4n) is 2.41. The van der Waals surface area contributed by atoms with Crippen LogP contribution in [0.2, 0.25) is 0 Å². The van der Waals surface area contributed by atoms with Crippen LogP contribution in [0.25, 0.3) is 0 Å². The number of rotatable bonds is 4. The number of hydrogen-bond donors (Lipinski definition) is 2. The number of cyclic esters (lactones) is 1. The average molecular weight is 306 g/mol. The number of aliphatic hydroxyl groups is 1. The summed E-state index contributed by atoms with van der Waals surface area (Å²) in [5, 5.41) is 13.3. The van der Waals surface area contributed by atoms with Crippen LogP contribution in [0.5, 0.6) is 0 Å². The van der Waals surface area contributed by atoms with Crippen molar-refractivity contribution < 1.29 is 19.4 Å². The zero-order valence-electron chi connectivity index (χ0n) is 13.3. The number of aryl methyl sites for hydroxylation is 1. The van der Waals surface area contributed by atoms with Crippen LogP contribution in [0.3, 0.4) is 0 Å². The Morgan fingerprint density at radius 2 is 1.91 bits per heavy atom. The number of carbonyl (C=O) groups is 2. The van der Waals surface area contributed by atoms with E-state index in [1.165, 1.54) is 6.92 Å². The minimum atomic E-state index is -1.54. The van der Waals surface area contributed by atoms with Gasteiger partial charge in [0.25, 0.3) is 0 Å². The van der Waals surface area contributed by atoms with Gasteiger partial charge in [-0.25, -0.2) is 4.79 Å². The Kier molecular flexibility index (Phi) is 4.15. The van der Waals surface area contributed by atoms with Crippen LogP contribution in [0.15, 0.2) is 24.3 Å². The summed E-state index contributed by atoms with van der Waals surface area (Å²) in [6.45, 7) is 6.64. The monoisotopic (exact) mass is 306 g/mol. The van der Waals surface area contributed by atoms with E-state index in [-0.39, 0.29) is 12.5 Å². The van der Waals surface area contributed by atoms with Crippen molar-refractivity contribution in [2.45, 2.75) is 45.4 Å². The average Bonchev–Trinajstić information content (AvgIpc) is 2.62. The van der Waals surface area contributed by atoms with Gasteiger partial charge < -0.3 is 15.2 Å². The Morgan fingerprint density at radius 1 is 1.32 bits per heavy atom. The minimum Gasteiger partial charge on any atom is -0.438 e. The molecule has 2 amide bonds. The summed E-state index contributed by atoms with van der Waals surface area (Å²) in [7, 11) is 0. The highest BCUT2D eigenvalue weighted by molar-refractivity contribution is 5.94. The molecule has 22 heavy (non-hydrogen) atoms. The van der Waals surface area contributed by atoms with Crippen LogP contribution in [0, 0.1) is 6.92 Å². The van der Waals surface area contributed by atoms with Gasteiger partial charge in [-0.2, -0.15) is 0 Å². The van der Waals surface area contributed by atoms with E-state index < -0.39 is 17.4 Å². The van der Waals surface area contributed by atoms with E-state index >= 15 is 0 Å². The van der Waals surface area contributed by atoms with E-state index in [0.717, 1.165) is 10.5 Å². The van der Waals surface area contributed by atoms with Crippen LogP contribution >= 0.6 is 0 Å². The fraction of sp³-hybridized carbons (Fsp3) is 0.500. The third-order valence-corrected chi connectivity index (χ3v) is 4.37. The number of ether oxygens (including phenoxy) is 1. The van der Waals surface area contributed by atoms with Crippen molar-refractivity contribution >= 4 is 17.7 Å². The zero-order valence-corrected chi connectivity index (χ0v) is 13.3. The molecule has 1 aromatic rings. The number of hydrogen-bond acceptors (Lipinski definition) is 4. The number of nitrogens with zero attached hydrogens (tertiary/aromatic N) is 1. The second kappa shape index (κ2) is 5.61. The zero-order chi connectivity index (χ0) is 16.5. The second-order valence-electron chi connectivity index (χ2n) is 5.97. The molecule has 1 saturated heterocycles. The third-order valence-electron chi connectivity index (χ3n) is 4.37. The summed E-state index contributed by atoms with van der Waals surface area (Å²) >= 11 is 0. The first-order chi connectivity index (χ1) is 10.2. The number of amides is 2. The first kappa shape index (κ1) is 16.3. The normalized spacial score (nSPS) is 27.7. The molecule has 1 aliphatic rings. The standard InChI is InChI=1S/C16H22N2O4/c1-5-15(3)16(4,21)18(14(20)22-15)10-13(19)17-12-8-6-11(2)7-9-12/h6-9,21H,5,10H2,1-4H3,(H,17,19)/t15-,16-/m1/s1. The smallest absolute Gasteiger partial charge is 0.413 e. The van der Waals surface area contributed by atoms with E-state index in [1.54, 1.807) is 19.1 Å². The number of benzene rings is 1. The Hall–Kier alpha value is -2.08. The lowest BCUT2D eigenvalue weighted by Gasteiger charge is -2.36. The van der Waals surface area contributed by atoms with Crippen LogP contribution in [-0.2, 0) is 9.53 Å². The van der Waals surface area contributed by atoms with Crippen molar-refractivity contribution in [3.63, 3.8) is 0 Å². The van der Waals surface area contributed by atoms with Crippen LogP contribution < -0.4 is 5.32 Å². The first-order valence-electron chi connectivity index (χ1n) is 7.29. The molecular formula is C16H22N2O4. The Labute approximate surface area is 130 Å². The molecule has 120 valence electrons. The van der Waals surface area contributed by atoms with Gasteiger partial charge in [0, 0.05) is 5.69 Å². The molecule has 1 aliphatic heterocycles. The highest BCUT2D eigenvalue weighted by Crippen LogP contribution is 2.39. The maximum absolute atomic E-state index is 12.1. The first-order valence-corrected chi connectivity index (χ1v) is 7.29. The molecule has 0 bridgehead atoms. The highest BCUT2D eigenvalue weighted by atomic mass is 16.6. The molecule has 0 spiro atoms. The molecule has 0 radical (unpaired) electrons. The van der Waals surface area contributed by atoms with Crippen LogP contribution in [-0.4, -0.2) is 39.9 Å². The Balaban J connectivity index is 2.08. The molecule has 1 aromatic carbocycles. The van der Waals surface area contributed by atoms with Crippen molar-refractivity contribution in [1.82, 2.24) is 4.90 Å². The summed E-state index contributed by atoms with van der Waals surface area (Å²) < 4.78 is 5.25. The predicted molar refractivity (Wildman–Crippen MR) is 82.3 cm³/mol. The number of carbonyl (C=O) groups excluding carboxylic acids is 2.